The number of pyridine rings is 1. The van der Waals surface area contributed by atoms with Crippen molar-refractivity contribution in [3.05, 3.63) is 87.7 Å². The van der Waals surface area contributed by atoms with Gasteiger partial charge in [-0.1, -0.05) is 23.7 Å². The number of halogens is 2. The summed E-state index contributed by atoms with van der Waals surface area (Å²) in [5, 5.41) is 0.0325. The number of aryl methyl sites for hydroxylation is 1. The highest BCUT2D eigenvalue weighted by molar-refractivity contribution is 6.35. The molecule has 0 unspecified atom stereocenters. The number of nitrogens with one attached hydrogen (secondary N) is 1. The second-order valence-electron chi connectivity index (χ2n) is 5.58. The van der Waals surface area contributed by atoms with Gasteiger partial charge in [-0.05, 0) is 36.8 Å². The number of hydrogen-bond acceptors (Lipinski definition) is 3. The van der Waals surface area contributed by atoms with Crippen LogP contribution in [0.25, 0.3) is 0 Å². The van der Waals surface area contributed by atoms with Crippen LogP contribution >= 0.6 is 11.6 Å². The predicted molar refractivity (Wildman–Crippen MR) is 92.6 cm³/mol. The van der Waals surface area contributed by atoms with Gasteiger partial charge in [0.1, 0.15) is 5.82 Å². The van der Waals surface area contributed by atoms with Crippen molar-refractivity contribution >= 4 is 23.2 Å². The number of carbonyl (C=O) groups excluding carboxylic acids is 2. The standard InChI is InChI=1S/C19H14ClFN2O2/c1-11-12(4-3-7-22-11)9-17(24)16-8-13(10-23-16)19(25)18-14(20)5-2-6-15(18)21/h2-8,10,23H,9H2,1H3. The third-order valence-electron chi connectivity index (χ3n) is 3.90. The van der Waals surface area contributed by atoms with Crippen LogP contribution in [0.4, 0.5) is 4.39 Å². The molecule has 1 aromatic carbocycles. The molecule has 25 heavy (non-hydrogen) atoms. The van der Waals surface area contributed by atoms with Gasteiger partial charge in [0.05, 0.1) is 16.3 Å². The van der Waals surface area contributed by atoms with Gasteiger partial charge in [0.2, 0.25) is 0 Å². The first-order valence-corrected chi connectivity index (χ1v) is 7.96. The van der Waals surface area contributed by atoms with E-state index in [1.54, 1.807) is 12.3 Å². The highest BCUT2D eigenvalue weighted by Gasteiger charge is 2.20. The monoisotopic (exact) mass is 356 g/mol. The molecule has 0 saturated heterocycles. The van der Waals surface area contributed by atoms with Crippen molar-refractivity contribution in [1.29, 1.82) is 0 Å². The summed E-state index contributed by atoms with van der Waals surface area (Å²) in [5.41, 5.74) is 1.84. The molecule has 0 fully saturated rings. The van der Waals surface area contributed by atoms with Gasteiger partial charge in [0.15, 0.2) is 11.6 Å². The van der Waals surface area contributed by atoms with E-state index in [-0.39, 0.29) is 34.0 Å². The largest absolute Gasteiger partial charge is 0.358 e. The molecule has 0 aliphatic heterocycles. The normalized spacial score (nSPS) is 10.7. The number of benzene rings is 1. The molecule has 1 N–H and O–H groups in total. The summed E-state index contributed by atoms with van der Waals surface area (Å²) in [4.78, 5) is 31.8. The molecule has 0 atom stereocenters. The maximum absolute atomic E-state index is 13.9. The van der Waals surface area contributed by atoms with Crippen LogP contribution in [0.3, 0.4) is 0 Å². The zero-order chi connectivity index (χ0) is 18.0. The number of ketones is 2. The number of aromatic amines is 1. The van der Waals surface area contributed by atoms with Gasteiger partial charge in [-0.3, -0.25) is 14.6 Å². The Kier molecular flexibility index (Phi) is 4.76. The Balaban J connectivity index is 1.84. The van der Waals surface area contributed by atoms with Gasteiger partial charge in [-0.15, -0.1) is 0 Å². The lowest BCUT2D eigenvalue weighted by Gasteiger charge is -2.03. The maximum Gasteiger partial charge on any atom is 0.199 e. The lowest BCUT2D eigenvalue weighted by molar-refractivity contribution is 0.0988. The average Bonchev–Trinajstić information content (AvgIpc) is 3.07. The van der Waals surface area contributed by atoms with Gasteiger partial charge in [0, 0.05) is 30.1 Å². The van der Waals surface area contributed by atoms with E-state index in [9.17, 15) is 14.0 Å². The van der Waals surface area contributed by atoms with Gasteiger partial charge in [-0.2, -0.15) is 0 Å². The van der Waals surface area contributed by atoms with Gasteiger partial charge >= 0.3 is 0 Å². The minimum absolute atomic E-state index is 0.0325. The molecule has 4 nitrogen and oxygen atoms in total. The Labute approximate surface area is 148 Å². The van der Waals surface area contributed by atoms with E-state index in [1.807, 2.05) is 13.0 Å². The van der Waals surface area contributed by atoms with Gasteiger partial charge < -0.3 is 4.98 Å². The van der Waals surface area contributed by atoms with Crippen molar-refractivity contribution in [3.8, 4) is 0 Å². The first-order valence-electron chi connectivity index (χ1n) is 7.58. The number of nitrogens with zero attached hydrogens (tertiary/aromatic N) is 1. The van der Waals surface area contributed by atoms with Crippen LogP contribution in [0.1, 0.15) is 37.7 Å². The zero-order valence-electron chi connectivity index (χ0n) is 13.3. The van der Waals surface area contributed by atoms with Crippen molar-refractivity contribution in [2.45, 2.75) is 13.3 Å². The number of Topliss-reactive ketones (excluding diaryl/α,β-unsaturated/α-hetero) is 1. The van der Waals surface area contributed by atoms with Crippen molar-refractivity contribution in [1.82, 2.24) is 9.97 Å². The van der Waals surface area contributed by atoms with Crippen LogP contribution in [0.15, 0.2) is 48.8 Å². The summed E-state index contributed by atoms with van der Waals surface area (Å²) in [6, 6.07) is 9.05. The van der Waals surface area contributed by atoms with Crippen LogP contribution in [0, 0.1) is 12.7 Å². The highest BCUT2D eigenvalue weighted by Crippen LogP contribution is 2.23. The number of carbonyl (C=O) groups is 2. The predicted octanol–water partition coefficient (Wildman–Crippen LogP) is 4.17. The summed E-state index contributed by atoms with van der Waals surface area (Å²) in [5.74, 6) is -1.46. The number of hydrogen-bond donors (Lipinski definition) is 1. The van der Waals surface area contributed by atoms with E-state index >= 15 is 0 Å². The Bertz CT molecular complexity index is 945. The molecule has 126 valence electrons. The first kappa shape index (κ1) is 17.0. The molecule has 0 aliphatic carbocycles. The van der Waals surface area contributed by atoms with E-state index < -0.39 is 11.6 Å². The molecular formula is C19H14ClFN2O2. The fraction of sp³-hybridized carbons (Fsp3) is 0.105. The molecule has 2 heterocycles. The Morgan fingerprint density at radius 3 is 2.76 bits per heavy atom. The SMILES string of the molecule is Cc1ncccc1CC(=O)c1cc(C(=O)c2c(F)cccc2Cl)c[nH]1. The molecular weight excluding hydrogens is 343 g/mol. The second kappa shape index (κ2) is 6.99. The van der Waals surface area contributed by atoms with E-state index in [0.717, 1.165) is 11.3 Å². The smallest absolute Gasteiger partial charge is 0.199 e. The quantitative estimate of drug-likeness (QED) is 0.698. The molecule has 3 aromatic rings. The Morgan fingerprint density at radius 2 is 2.04 bits per heavy atom. The maximum atomic E-state index is 13.9. The van der Waals surface area contributed by atoms with Crippen molar-refractivity contribution in [2.24, 2.45) is 0 Å². The summed E-state index contributed by atoms with van der Waals surface area (Å²) in [7, 11) is 0. The fourth-order valence-electron chi connectivity index (χ4n) is 2.52. The van der Waals surface area contributed by atoms with Crippen LogP contribution in [-0.2, 0) is 6.42 Å². The second-order valence-corrected chi connectivity index (χ2v) is 5.98. The molecule has 6 heteroatoms. The third-order valence-corrected chi connectivity index (χ3v) is 4.22. The van der Waals surface area contributed by atoms with E-state index in [2.05, 4.69) is 9.97 Å². The number of rotatable bonds is 5. The van der Waals surface area contributed by atoms with Crippen molar-refractivity contribution in [3.63, 3.8) is 0 Å². The first-order chi connectivity index (χ1) is 12.0. The van der Waals surface area contributed by atoms with Crippen molar-refractivity contribution in [2.75, 3.05) is 0 Å². The van der Waals surface area contributed by atoms with E-state index in [0.29, 0.717) is 0 Å². The van der Waals surface area contributed by atoms with E-state index in [1.165, 1.54) is 30.5 Å². The van der Waals surface area contributed by atoms with Crippen LogP contribution in [0.2, 0.25) is 5.02 Å². The molecule has 0 radical (unpaired) electrons. The van der Waals surface area contributed by atoms with E-state index in [4.69, 9.17) is 11.6 Å². The topological polar surface area (TPSA) is 62.8 Å². The average molecular weight is 357 g/mol. The highest BCUT2D eigenvalue weighted by atomic mass is 35.5. The lowest BCUT2D eigenvalue weighted by Crippen LogP contribution is -2.06. The molecule has 0 bridgehead atoms. The number of H-pyrrole nitrogens is 1. The Hall–Kier alpha value is -2.79. The molecule has 0 amide bonds. The zero-order valence-corrected chi connectivity index (χ0v) is 14.1. The van der Waals surface area contributed by atoms with Gasteiger partial charge in [0.25, 0.3) is 0 Å². The fourth-order valence-corrected chi connectivity index (χ4v) is 2.77. The number of aromatic nitrogens is 2. The molecule has 3 rings (SSSR count). The summed E-state index contributed by atoms with van der Waals surface area (Å²) < 4.78 is 13.9. The third kappa shape index (κ3) is 3.51. The van der Waals surface area contributed by atoms with Gasteiger partial charge in [-0.25, -0.2) is 4.39 Å². The summed E-state index contributed by atoms with van der Waals surface area (Å²) in [6.45, 7) is 1.83. The van der Waals surface area contributed by atoms with Crippen molar-refractivity contribution < 1.29 is 14.0 Å². The molecule has 0 saturated carbocycles. The summed E-state index contributed by atoms with van der Waals surface area (Å²) in [6.07, 6.45) is 3.20. The van der Waals surface area contributed by atoms with Crippen LogP contribution in [0.5, 0.6) is 0 Å². The minimum Gasteiger partial charge on any atom is -0.358 e. The molecule has 2 aromatic heterocycles. The minimum atomic E-state index is -0.697. The molecule has 0 spiro atoms. The van der Waals surface area contributed by atoms with Crippen LogP contribution in [-0.4, -0.2) is 21.5 Å². The van der Waals surface area contributed by atoms with Crippen LogP contribution < -0.4 is 0 Å². The molecule has 0 aliphatic rings. The lowest BCUT2D eigenvalue weighted by atomic mass is 10.0. The Morgan fingerprint density at radius 1 is 1.24 bits per heavy atom. The summed E-state index contributed by atoms with van der Waals surface area (Å²) >= 11 is 5.92.